The lowest BCUT2D eigenvalue weighted by Crippen LogP contribution is -2.10. The highest BCUT2D eigenvalue weighted by atomic mass is 16.4. The molecular weight excluding hydrogens is 412 g/mol. The molecule has 164 valence electrons. The summed E-state index contributed by atoms with van der Waals surface area (Å²) in [5.74, 6) is -2.21. The van der Waals surface area contributed by atoms with E-state index in [4.69, 9.17) is 0 Å². The van der Waals surface area contributed by atoms with Crippen molar-refractivity contribution in [2.45, 2.75) is 20.8 Å². The zero-order chi connectivity index (χ0) is 23.7. The molecule has 0 aliphatic heterocycles. The number of aromatic carboxylic acids is 2. The number of rotatable bonds is 5. The maximum atomic E-state index is 12.7. The van der Waals surface area contributed by atoms with Crippen LogP contribution in [-0.4, -0.2) is 22.2 Å². The molecule has 4 aromatic rings. The molecule has 0 aliphatic carbocycles. The van der Waals surface area contributed by atoms with Gasteiger partial charge in [0, 0.05) is 11.1 Å². The maximum absolute atomic E-state index is 12.7. The molecule has 4 heteroatoms. The molecule has 4 nitrogen and oxygen atoms in total. The minimum Gasteiger partial charge on any atom is -0.478 e. The lowest BCUT2D eigenvalue weighted by atomic mass is 9.82. The fourth-order valence-corrected chi connectivity index (χ4v) is 4.06. The number of carboxylic acid groups (broad SMARTS) is 2. The Labute approximate surface area is 192 Å². The molecule has 0 amide bonds. The third-order valence-electron chi connectivity index (χ3n) is 5.81. The molecule has 0 atom stereocenters. The van der Waals surface area contributed by atoms with E-state index in [0.29, 0.717) is 33.4 Å². The molecular formula is C29H24O4. The van der Waals surface area contributed by atoms with Crippen LogP contribution in [0, 0.1) is 20.8 Å². The Hall–Kier alpha value is -4.18. The number of carbonyl (C=O) groups is 2. The van der Waals surface area contributed by atoms with Gasteiger partial charge in [0.2, 0.25) is 0 Å². The third-order valence-corrected chi connectivity index (χ3v) is 5.81. The summed E-state index contributed by atoms with van der Waals surface area (Å²) in [5.41, 5.74) is 6.40. The van der Waals surface area contributed by atoms with Crippen molar-refractivity contribution >= 4 is 11.9 Å². The van der Waals surface area contributed by atoms with Gasteiger partial charge in [0.25, 0.3) is 0 Å². The molecule has 4 aromatic carbocycles. The van der Waals surface area contributed by atoms with Gasteiger partial charge in [-0.1, -0.05) is 89.5 Å². The average Bonchev–Trinajstić information content (AvgIpc) is 2.79. The van der Waals surface area contributed by atoms with Crippen molar-refractivity contribution in [1.82, 2.24) is 0 Å². The molecule has 0 radical (unpaired) electrons. The topological polar surface area (TPSA) is 74.6 Å². The summed E-state index contributed by atoms with van der Waals surface area (Å²) in [6.07, 6.45) is 0. The molecule has 0 heterocycles. The number of aryl methyl sites for hydroxylation is 3. The largest absolute Gasteiger partial charge is 0.478 e. The SMILES string of the molecule is Cc1ccc(-c2cc(C(=O)O)c(-c3ccc(C)cc3)c(-c3ccc(C)cc3)c2C(=O)O)cc1. The summed E-state index contributed by atoms with van der Waals surface area (Å²) in [6.45, 7) is 5.85. The van der Waals surface area contributed by atoms with E-state index in [9.17, 15) is 19.8 Å². The van der Waals surface area contributed by atoms with E-state index in [1.54, 1.807) is 0 Å². The standard InChI is InChI=1S/C29H24O4/c1-17-4-10-20(11-5-17)23-16-24(28(30)31)25(21-12-6-18(2)7-13-21)26(27(23)29(32)33)22-14-8-19(3)9-15-22/h4-16H,1-3H3,(H,30,31)(H,32,33). The second kappa shape index (κ2) is 8.75. The van der Waals surface area contributed by atoms with Crippen LogP contribution in [0.25, 0.3) is 33.4 Å². The van der Waals surface area contributed by atoms with E-state index in [1.807, 2.05) is 93.6 Å². The smallest absolute Gasteiger partial charge is 0.336 e. The van der Waals surface area contributed by atoms with Crippen molar-refractivity contribution in [2.24, 2.45) is 0 Å². The zero-order valence-corrected chi connectivity index (χ0v) is 18.7. The Bertz CT molecular complexity index is 1350. The molecule has 0 saturated carbocycles. The van der Waals surface area contributed by atoms with Crippen molar-refractivity contribution < 1.29 is 19.8 Å². The summed E-state index contributed by atoms with van der Waals surface area (Å²) < 4.78 is 0. The minimum absolute atomic E-state index is 0.0648. The quantitative estimate of drug-likeness (QED) is 0.353. The van der Waals surface area contributed by atoms with Crippen molar-refractivity contribution in [3.8, 4) is 33.4 Å². The number of hydrogen-bond acceptors (Lipinski definition) is 2. The Balaban J connectivity index is 2.19. The molecule has 0 fully saturated rings. The highest BCUT2D eigenvalue weighted by Crippen LogP contribution is 2.43. The first-order chi connectivity index (χ1) is 15.8. The second-order valence-corrected chi connectivity index (χ2v) is 8.31. The van der Waals surface area contributed by atoms with E-state index < -0.39 is 11.9 Å². The van der Waals surface area contributed by atoms with Gasteiger partial charge in [0.15, 0.2) is 0 Å². The lowest BCUT2D eigenvalue weighted by molar-refractivity contribution is 0.0683. The van der Waals surface area contributed by atoms with E-state index in [-0.39, 0.29) is 11.1 Å². The average molecular weight is 437 g/mol. The molecule has 4 rings (SSSR count). The summed E-state index contributed by atoms with van der Waals surface area (Å²) in [7, 11) is 0. The molecule has 0 spiro atoms. The van der Waals surface area contributed by atoms with Crippen LogP contribution >= 0.6 is 0 Å². The summed E-state index contributed by atoms with van der Waals surface area (Å²) in [6, 6.07) is 23.9. The predicted octanol–water partition coefficient (Wildman–Crippen LogP) is 7.01. The van der Waals surface area contributed by atoms with Crippen LogP contribution in [0.3, 0.4) is 0 Å². The van der Waals surface area contributed by atoms with Gasteiger partial charge in [-0.05, 0) is 49.1 Å². The van der Waals surface area contributed by atoms with Crippen LogP contribution in [0.4, 0.5) is 0 Å². The first-order valence-electron chi connectivity index (χ1n) is 10.6. The van der Waals surface area contributed by atoms with Crippen LogP contribution in [-0.2, 0) is 0 Å². The van der Waals surface area contributed by atoms with Gasteiger partial charge in [-0.2, -0.15) is 0 Å². The van der Waals surface area contributed by atoms with Crippen molar-refractivity contribution in [3.63, 3.8) is 0 Å². The normalized spacial score (nSPS) is 10.8. The van der Waals surface area contributed by atoms with Crippen molar-refractivity contribution in [1.29, 1.82) is 0 Å². The van der Waals surface area contributed by atoms with E-state index in [1.165, 1.54) is 6.07 Å². The predicted molar refractivity (Wildman–Crippen MR) is 131 cm³/mol. The molecule has 0 bridgehead atoms. The summed E-state index contributed by atoms with van der Waals surface area (Å²) in [5, 5.41) is 20.6. The number of carboxylic acids is 2. The molecule has 0 unspecified atom stereocenters. The van der Waals surface area contributed by atoms with Crippen LogP contribution in [0.15, 0.2) is 78.9 Å². The fourth-order valence-electron chi connectivity index (χ4n) is 4.06. The van der Waals surface area contributed by atoms with E-state index >= 15 is 0 Å². The van der Waals surface area contributed by atoms with Gasteiger partial charge in [-0.25, -0.2) is 9.59 Å². The van der Waals surface area contributed by atoms with Gasteiger partial charge in [0.1, 0.15) is 0 Å². The molecule has 2 N–H and O–H groups in total. The lowest BCUT2D eigenvalue weighted by Gasteiger charge is -2.20. The van der Waals surface area contributed by atoms with E-state index in [2.05, 4.69) is 0 Å². The third kappa shape index (κ3) is 4.28. The van der Waals surface area contributed by atoms with Crippen molar-refractivity contribution in [2.75, 3.05) is 0 Å². The van der Waals surface area contributed by atoms with Gasteiger partial charge < -0.3 is 10.2 Å². The van der Waals surface area contributed by atoms with Crippen LogP contribution < -0.4 is 0 Å². The first-order valence-corrected chi connectivity index (χ1v) is 10.6. The Kier molecular flexibility index (Phi) is 5.84. The molecule has 0 aliphatic rings. The number of benzene rings is 4. The van der Waals surface area contributed by atoms with Crippen LogP contribution in [0.2, 0.25) is 0 Å². The Morgan fingerprint density at radius 3 is 1.33 bits per heavy atom. The van der Waals surface area contributed by atoms with Gasteiger partial charge >= 0.3 is 11.9 Å². The van der Waals surface area contributed by atoms with Gasteiger partial charge in [-0.3, -0.25) is 0 Å². The first kappa shape index (κ1) is 22.0. The summed E-state index contributed by atoms with van der Waals surface area (Å²) in [4.78, 5) is 25.2. The Morgan fingerprint density at radius 2 is 0.939 bits per heavy atom. The maximum Gasteiger partial charge on any atom is 0.336 e. The highest BCUT2D eigenvalue weighted by Gasteiger charge is 2.27. The monoisotopic (exact) mass is 436 g/mol. The van der Waals surface area contributed by atoms with Crippen molar-refractivity contribution in [3.05, 3.63) is 107 Å². The van der Waals surface area contributed by atoms with Gasteiger partial charge in [0.05, 0.1) is 11.1 Å². The number of hydrogen-bond donors (Lipinski definition) is 2. The minimum atomic E-state index is -1.11. The fraction of sp³-hybridized carbons (Fsp3) is 0.103. The molecule has 33 heavy (non-hydrogen) atoms. The van der Waals surface area contributed by atoms with Crippen LogP contribution in [0.1, 0.15) is 37.4 Å². The highest BCUT2D eigenvalue weighted by molar-refractivity contribution is 6.12. The molecule has 0 saturated heterocycles. The van der Waals surface area contributed by atoms with Crippen LogP contribution in [0.5, 0.6) is 0 Å². The second-order valence-electron chi connectivity index (χ2n) is 8.31. The summed E-state index contributed by atoms with van der Waals surface area (Å²) >= 11 is 0. The Morgan fingerprint density at radius 1 is 0.545 bits per heavy atom. The molecule has 0 aromatic heterocycles. The van der Waals surface area contributed by atoms with E-state index in [0.717, 1.165) is 16.7 Å². The zero-order valence-electron chi connectivity index (χ0n) is 18.7. The van der Waals surface area contributed by atoms with Gasteiger partial charge in [-0.15, -0.1) is 0 Å².